The van der Waals surface area contributed by atoms with E-state index in [9.17, 15) is 24.9 Å². The Morgan fingerprint density at radius 1 is 1.20 bits per heavy atom. The molecule has 5 unspecified atom stereocenters. The number of nitrogens with zero attached hydrogens (tertiary/aromatic N) is 1. The second-order valence-corrected chi connectivity index (χ2v) is 10.2. The fourth-order valence-electron chi connectivity index (χ4n) is 4.77. The van der Waals surface area contributed by atoms with Crippen molar-refractivity contribution in [3.63, 3.8) is 0 Å². The number of carbonyl (C=O) groups is 2. The molecule has 2 amide bonds. The van der Waals surface area contributed by atoms with Crippen LogP contribution in [0.3, 0.4) is 0 Å². The topological polar surface area (TPSA) is 141 Å². The van der Waals surface area contributed by atoms with Crippen LogP contribution in [0.25, 0.3) is 0 Å². The molecule has 0 spiro atoms. The summed E-state index contributed by atoms with van der Waals surface area (Å²) in [5.41, 5.74) is -0.276. The summed E-state index contributed by atoms with van der Waals surface area (Å²) in [6.45, 7) is 2.63. The summed E-state index contributed by atoms with van der Waals surface area (Å²) in [7, 11) is 1.90. The van der Waals surface area contributed by atoms with Gasteiger partial charge in [-0.2, -0.15) is 0 Å². The number of likely N-dealkylation sites (N-methyl/N-ethyl adjacent to an activating group) is 1. The van der Waals surface area contributed by atoms with E-state index in [1.54, 1.807) is 30.5 Å². The number of nitrogens with one attached hydrogen (secondary N) is 2. The SMILES string of the molecule is CCC[C@@H]1C[C@@H](C(=O)N[C@H](COC(=O)Nc2ccccc2)C2OC(SC)C(O)C(O)C2O)N(C)C1. The first-order valence-electron chi connectivity index (χ1n) is 12.0. The molecule has 196 valence electrons. The predicted octanol–water partition coefficient (Wildman–Crippen LogP) is 1.01. The van der Waals surface area contributed by atoms with Gasteiger partial charge in [-0.3, -0.25) is 15.0 Å². The number of benzene rings is 1. The van der Waals surface area contributed by atoms with Gasteiger partial charge in [0.1, 0.15) is 36.5 Å². The van der Waals surface area contributed by atoms with Gasteiger partial charge in [0, 0.05) is 12.2 Å². The number of para-hydroxylation sites is 1. The second kappa shape index (κ2) is 12.9. The van der Waals surface area contributed by atoms with Crippen LogP contribution in [0.1, 0.15) is 26.2 Å². The number of ether oxygens (including phenoxy) is 2. The van der Waals surface area contributed by atoms with Crippen LogP contribution in [-0.4, -0.2) is 101 Å². The number of amides is 2. The van der Waals surface area contributed by atoms with Gasteiger partial charge in [-0.05, 0) is 44.2 Å². The molecule has 2 aliphatic rings. The lowest BCUT2D eigenvalue weighted by molar-refractivity contribution is -0.207. The van der Waals surface area contributed by atoms with Crippen molar-refractivity contribution in [2.24, 2.45) is 5.92 Å². The van der Waals surface area contributed by atoms with Gasteiger partial charge in [0.25, 0.3) is 0 Å². The summed E-state index contributed by atoms with van der Waals surface area (Å²) in [5.74, 6) is 0.154. The standard InChI is InChI=1S/C24H37N3O7S/c1-4-8-14-11-17(27(2)12-14)22(31)26-16(13-33-24(32)25-15-9-6-5-7-10-15)21-19(29)18(28)20(30)23(34-21)35-3/h5-7,9-10,14,16-21,23,28-30H,4,8,11-13H2,1-3H3,(H,25,32)(H,26,31)/t14-,16-,17+,18?,19?,20?,21?,23?/m1/s1. The summed E-state index contributed by atoms with van der Waals surface area (Å²) in [6.07, 6.45) is -1.62. The first-order chi connectivity index (χ1) is 16.7. The van der Waals surface area contributed by atoms with E-state index in [-0.39, 0.29) is 18.6 Å². The van der Waals surface area contributed by atoms with E-state index in [0.29, 0.717) is 18.0 Å². The molecule has 11 heteroatoms. The smallest absolute Gasteiger partial charge is 0.411 e. The lowest BCUT2D eigenvalue weighted by Gasteiger charge is -2.43. The number of hydrogen-bond acceptors (Lipinski definition) is 9. The Morgan fingerprint density at radius 3 is 2.57 bits per heavy atom. The minimum atomic E-state index is -1.49. The molecule has 3 rings (SSSR count). The molecular weight excluding hydrogens is 474 g/mol. The van der Waals surface area contributed by atoms with Crippen LogP contribution in [-0.2, 0) is 14.3 Å². The maximum atomic E-state index is 13.2. The second-order valence-electron chi connectivity index (χ2n) is 9.23. The highest BCUT2D eigenvalue weighted by Gasteiger charge is 2.47. The highest BCUT2D eigenvalue weighted by atomic mass is 32.2. The largest absolute Gasteiger partial charge is 0.447 e. The number of thioether (sulfide) groups is 1. The number of likely N-dealkylation sites (tertiary alicyclic amines) is 1. The van der Waals surface area contributed by atoms with Gasteiger partial charge < -0.3 is 30.1 Å². The van der Waals surface area contributed by atoms with E-state index >= 15 is 0 Å². The summed E-state index contributed by atoms with van der Waals surface area (Å²) < 4.78 is 11.2. The quantitative estimate of drug-likeness (QED) is 0.328. The lowest BCUT2D eigenvalue weighted by Crippen LogP contribution is -2.64. The average molecular weight is 512 g/mol. The van der Waals surface area contributed by atoms with E-state index in [0.717, 1.165) is 19.4 Å². The highest BCUT2D eigenvalue weighted by Crippen LogP contribution is 2.30. The monoisotopic (exact) mass is 511 g/mol. The molecule has 2 fully saturated rings. The molecule has 10 nitrogen and oxygen atoms in total. The summed E-state index contributed by atoms with van der Waals surface area (Å²) >= 11 is 1.17. The van der Waals surface area contributed by atoms with Crippen LogP contribution >= 0.6 is 11.8 Å². The van der Waals surface area contributed by atoms with Crippen LogP contribution in [0.2, 0.25) is 0 Å². The van der Waals surface area contributed by atoms with E-state index in [4.69, 9.17) is 9.47 Å². The number of rotatable bonds is 9. The zero-order valence-electron chi connectivity index (χ0n) is 20.4. The highest BCUT2D eigenvalue weighted by molar-refractivity contribution is 7.99. The van der Waals surface area contributed by atoms with Crippen molar-refractivity contribution in [3.05, 3.63) is 30.3 Å². The Balaban J connectivity index is 1.72. The van der Waals surface area contributed by atoms with Crippen molar-refractivity contribution in [3.8, 4) is 0 Å². The molecule has 0 saturated carbocycles. The van der Waals surface area contributed by atoms with E-state index in [1.165, 1.54) is 11.8 Å². The maximum Gasteiger partial charge on any atom is 0.411 e. The number of aliphatic hydroxyl groups is 3. The molecule has 8 atom stereocenters. The number of aliphatic hydroxyl groups excluding tert-OH is 3. The molecule has 2 aliphatic heterocycles. The molecule has 1 aromatic carbocycles. The number of carbonyl (C=O) groups excluding carboxylic acids is 2. The Labute approximate surface area is 210 Å². The van der Waals surface area contributed by atoms with Gasteiger partial charge in [0.15, 0.2) is 0 Å². The van der Waals surface area contributed by atoms with Gasteiger partial charge in [0.2, 0.25) is 5.91 Å². The van der Waals surface area contributed by atoms with Crippen molar-refractivity contribution < 1.29 is 34.4 Å². The van der Waals surface area contributed by atoms with Crippen LogP contribution in [0.5, 0.6) is 0 Å². The molecule has 0 aliphatic carbocycles. The molecule has 2 saturated heterocycles. The average Bonchev–Trinajstić information content (AvgIpc) is 3.21. The van der Waals surface area contributed by atoms with Crippen LogP contribution in [0.4, 0.5) is 10.5 Å². The Morgan fingerprint density at radius 2 is 1.91 bits per heavy atom. The number of hydrogen-bond donors (Lipinski definition) is 5. The zero-order valence-corrected chi connectivity index (χ0v) is 21.2. The minimum absolute atomic E-state index is 0.264. The molecule has 0 aromatic heterocycles. The third-order valence-corrected chi connectivity index (χ3v) is 7.47. The van der Waals surface area contributed by atoms with Crippen LogP contribution < -0.4 is 10.6 Å². The first kappa shape index (κ1) is 27.7. The zero-order chi connectivity index (χ0) is 25.5. The van der Waals surface area contributed by atoms with E-state index in [2.05, 4.69) is 17.6 Å². The third kappa shape index (κ3) is 7.08. The molecule has 5 N–H and O–H groups in total. The minimum Gasteiger partial charge on any atom is -0.447 e. The van der Waals surface area contributed by atoms with E-state index < -0.39 is 42.0 Å². The Bertz CT molecular complexity index is 831. The van der Waals surface area contributed by atoms with Crippen molar-refractivity contribution in [2.75, 3.05) is 31.8 Å². The first-order valence-corrected chi connectivity index (χ1v) is 13.3. The Kier molecular flexibility index (Phi) is 10.2. The van der Waals surface area contributed by atoms with Crippen molar-refractivity contribution >= 4 is 29.4 Å². The molecule has 35 heavy (non-hydrogen) atoms. The van der Waals surface area contributed by atoms with Crippen LogP contribution in [0.15, 0.2) is 30.3 Å². The summed E-state index contributed by atoms with van der Waals surface area (Å²) in [4.78, 5) is 27.6. The number of anilines is 1. The molecule has 0 radical (unpaired) electrons. The predicted molar refractivity (Wildman–Crippen MR) is 133 cm³/mol. The van der Waals surface area contributed by atoms with E-state index in [1.807, 2.05) is 18.0 Å². The lowest BCUT2D eigenvalue weighted by atomic mass is 9.94. The third-order valence-electron chi connectivity index (χ3n) is 6.61. The van der Waals surface area contributed by atoms with Gasteiger partial charge in [0.05, 0.1) is 12.1 Å². The molecule has 2 heterocycles. The molecule has 0 bridgehead atoms. The van der Waals surface area contributed by atoms with Gasteiger partial charge >= 0.3 is 6.09 Å². The van der Waals surface area contributed by atoms with Crippen LogP contribution in [0, 0.1) is 5.92 Å². The van der Waals surface area contributed by atoms with Gasteiger partial charge in [-0.15, -0.1) is 11.8 Å². The van der Waals surface area contributed by atoms with Gasteiger partial charge in [-0.1, -0.05) is 31.5 Å². The van der Waals surface area contributed by atoms with Crippen molar-refractivity contribution in [1.82, 2.24) is 10.2 Å². The fourth-order valence-corrected chi connectivity index (χ4v) is 5.45. The van der Waals surface area contributed by atoms with Crippen molar-refractivity contribution in [1.29, 1.82) is 0 Å². The fraction of sp³-hybridized carbons (Fsp3) is 0.667. The molecular formula is C24H37N3O7S. The summed E-state index contributed by atoms with van der Waals surface area (Å²) in [6, 6.07) is 7.45. The van der Waals surface area contributed by atoms with Gasteiger partial charge in [-0.25, -0.2) is 4.79 Å². The maximum absolute atomic E-state index is 13.2. The van der Waals surface area contributed by atoms with Crippen molar-refractivity contribution in [2.45, 2.75) is 68.1 Å². The Hall–Kier alpha value is -1.89. The summed E-state index contributed by atoms with van der Waals surface area (Å²) in [5, 5.41) is 36.8. The normalized spacial score (nSPS) is 32.1. The molecule has 1 aromatic rings.